The lowest BCUT2D eigenvalue weighted by atomic mass is 10.2. The summed E-state index contributed by atoms with van der Waals surface area (Å²) >= 11 is 0. The predicted octanol–water partition coefficient (Wildman–Crippen LogP) is 5.16. The Kier molecular flexibility index (Phi) is 7.05. The van der Waals surface area contributed by atoms with Gasteiger partial charge in [-0.2, -0.15) is 5.11 Å². The zero-order valence-corrected chi connectivity index (χ0v) is 16.7. The van der Waals surface area contributed by atoms with E-state index in [-0.39, 0.29) is 17.0 Å². The molecule has 0 saturated heterocycles. The van der Waals surface area contributed by atoms with Crippen molar-refractivity contribution in [1.29, 1.82) is 0 Å². The number of nitrogens with zero attached hydrogens (tertiary/aromatic N) is 3. The molecule has 158 valence electrons. The first-order chi connectivity index (χ1) is 15.0. The van der Waals surface area contributed by atoms with Crippen LogP contribution in [0, 0.1) is 5.82 Å². The molecule has 0 unspecified atom stereocenters. The molecule has 3 aromatic carbocycles. The number of benzene rings is 3. The second kappa shape index (κ2) is 10.1. The number of phenols is 1. The van der Waals surface area contributed by atoms with E-state index in [2.05, 4.69) is 10.2 Å². The van der Waals surface area contributed by atoms with Gasteiger partial charge in [-0.3, -0.25) is 4.79 Å². The van der Waals surface area contributed by atoms with Gasteiger partial charge in [0.15, 0.2) is 6.61 Å². The largest absolute Gasteiger partial charge is 0.508 e. The van der Waals surface area contributed by atoms with Gasteiger partial charge in [0.05, 0.1) is 11.3 Å². The number of likely N-dealkylation sites (N-methyl/N-ethyl adjacent to an activating group) is 1. The van der Waals surface area contributed by atoms with Gasteiger partial charge in [0.25, 0.3) is 5.91 Å². The smallest absolute Gasteiger partial charge is 0.340 e. The number of rotatable bonds is 7. The van der Waals surface area contributed by atoms with Crippen molar-refractivity contribution in [1.82, 2.24) is 0 Å². The van der Waals surface area contributed by atoms with Crippen molar-refractivity contribution in [2.24, 2.45) is 10.2 Å². The van der Waals surface area contributed by atoms with Gasteiger partial charge in [-0.1, -0.05) is 12.1 Å². The van der Waals surface area contributed by atoms with Gasteiger partial charge in [0, 0.05) is 12.2 Å². The van der Waals surface area contributed by atoms with E-state index in [1.54, 1.807) is 37.3 Å². The van der Waals surface area contributed by atoms with Crippen molar-refractivity contribution in [2.45, 2.75) is 6.92 Å². The quantitative estimate of drug-likeness (QED) is 0.421. The number of carbonyl (C=O) groups is 2. The number of phenolic OH excluding ortho intramolecular Hbond substituents is 1. The first-order valence-electron chi connectivity index (χ1n) is 9.51. The van der Waals surface area contributed by atoms with Crippen LogP contribution in [0.15, 0.2) is 83.0 Å². The summed E-state index contributed by atoms with van der Waals surface area (Å²) in [7, 11) is 0. The highest BCUT2D eigenvalue weighted by atomic mass is 19.1. The number of carbonyl (C=O) groups excluding carboxylic acids is 2. The fourth-order valence-electron chi connectivity index (χ4n) is 2.77. The van der Waals surface area contributed by atoms with Gasteiger partial charge in [0.1, 0.15) is 17.3 Å². The van der Waals surface area contributed by atoms with Gasteiger partial charge in [-0.05, 0) is 67.6 Å². The maximum absolute atomic E-state index is 13.1. The fraction of sp³-hybridized carbons (Fsp3) is 0.130. The van der Waals surface area contributed by atoms with E-state index in [9.17, 15) is 19.1 Å². The molecule has 0 saturated carbocycles. The number of aromatic hydroxyl groups is 1. The predicted molar refractivity (Wildman–Crippen MR) is 113 cm³/mol. The van der Waals surface area contributed by atoms with Crippen LogP contribution in [-0.4, -0.2) is 30.1 Å². The molecule has 0 bridgehead atoms. The van der Waals surface area contributed by atoms with Crippen LogP contribution in [0.25, 0.3) is 0 Å². The van der Waals surface area contributed by atoms with E-state index < -0.39 is 24.3 Å². The summed E-state index contributed by atoms with van der Waals surface area (Å²) in [6.07, 6.45) is 0. The van der Waals surface area contributed by atoms with Gasteiger partial charge < -0.3 is 14.7 Å². The van der Waals surface area contributed by atoms with E-state index in [0.29, 0.717) is 17.9 Å². The average molecular weight is 421 g/mol. The molecule has 0 heterocycles. The average Bonchev–Trinajstić information content (AvgIpc) is 2.79. The molecule has 31 heavy (non-hydrogen) atoms. The van der Waals surface area contributed by atoms with Crippen molar-refractivity contribution in [3.05, 3.63) is 84.2 Å². The zero-order valence-electron chi connectivity index (χ0n) is 16.7. The number of halogens is 1. The van der Waals surface area contributed by atoms with E-state index in [1.807, 2.05) is 0 Å². The summed E-state index contributed by atoms with van der Waals surface area (Å²) < 4.78 is 18.3. The van der Waals surface area contributed by atoms with Crippen LogP contribution in [-0.2, 0) is 9.53 Å². The Morgan fingerprint density at radius 2 is 1.65 bits per heavy atom. The van der Waals surface area contributed by atoms with Crippen LogP contribution in [0.2, 0.25) is 0 Å². The topological polar surface area (TPSA) is 91.6 Å². The Morgan fingerprint density at radius 3 is 2.32 bits per heavy atom. The normalized spacial score (nSPS) is 10.8. The zero-order chi connectivity index (χ0) is 22.2. The molecule has 0 spiro atoms. The summed E-state index contributed by atoms with van der Waals surface area (Å²) in [5, 5.41) is 17.4. The molecule has 3 rings (SSSR count). The van der Waals surface area contributed by atoms with E-state index in [1.165, 1.54) is 47.4 Å². The number of hydrogen-bond acceptors (Lipinski definition) is 6. The summed E-state index contributed by atoms with van der Waals surface area (Å²) in [5.41, 5.74) is 1.43. The molecule has 3 aromatic rings. The molecular formula is C23H20FN3O4. The van der Waals surface area contributed by atoms with E-state index in [0.717, 1.165) is 0 Å². The minimum Gasteiger partial charge on any atom is -0.508 e. The third-order valence-corrected chi connectivity index (χ3v) is 4.33. The lowest BCUT2D eigenvalue weighted by Gasteiger charge is -2.20. The summed E-state index contributed by atoms with van der Waals surface area (Å²) in [5.74, 6) is -1.46. The number of amides is 1. The Morgan fingerprint density at radius 1 is 0.968 bits per heavy atom. The first kappa shape index (κ1) is 21.6. The second-order valence-corrected chi connectivity index (χ2v) is 6.42. The van der Waals surface area contributed by atoms with Crippen molar-refractivity contribution in [2.75, 3.05) is 18.1 Å². The minimum atomic E-state index is -0.719. The number of ether oxygens (including phenoxy) is 1. The molecule has 0 atom stereocenters. The number of hydrogen-bond donors (Lipinski definition) is 1. The molecule has 1 amide bonds. The highest BCUT2D eigenvalue weighted by molar-refractivity contribution is 5.99. The van der Waals surface area contributed by atoms with Crippen LogP contribution in [0.5, 0.6) is 5.75 Å². The summed E-state index contributed by atoms with van der Waals surface area (Å²) in [6, 6.07) is 18.0. The summed E-state index contributed by atoms with van der Waals surface area (Å²) in [4.78, 5) is 26.4. The van der Waals surface area contributed by atoms with Crippen LogP contribution in [0.1, 0.15) is 17.3 Å². The molecule has 0 aliphatic carbocycles. The van der Waals surface area contributed by atoms with Crippen LogP contribution >= 0.6 is 0 Å². The molecule has 7 nitrogen and oxygen atoms in total. The number of esters is 1. The Balaban J connectivity index is 1.68. The van der Waals surface area contributed by atoms with Crippen molar-refractivity contribution in [3.8, 4) is 5.75 Å². The van der Waals surface area contributed by atoms with Gasteiger partial charge in [-0.15, -0.1) is 5.11 Å². The van der Waals surface area contributed by atoms with Gasteiger partial charge >= 0.3 is 5.97 Å². The maximum Gasteiger partial charge on any atom is 0.340 e. The highest BCUT2D eigenvalue weighted by Gasteiger charge is 2.18. The SMILES string of the molecule is CCN(C(=O)COC(=O)c1ccccc1N=Nc1ccc(O)cc1)c1ccc(F)cc1. The lowest BCUT2D eigenvalue weighted by molar-refractivity contribution is -0.121. The van der Waals surface area contributed by atoms with E-state index in [4.69, 9.17) is 4.74 Å². The molecule has 0 radical (unpaired) electrons. The molecule has 0 fully saturated rings. The molecule has 0 aliphatic heterocycles. The van der Waals surface area contributed by atoms with Crippen LogP contribution in [0.4, 0.5) is 21.5 Å². The molecule has 1 N–H and O–H groups in total. The Labute approximate surface area is 178 Å². The minimum absolute atomic E-state index is 0.106. The van der Waals surface area contributed by atoms with Gasteiger partial charge in [0.2, 0.25) is 0 Å². The molecule has 0 aromatic heterocycles. The molecular weight excluding hydrogens is 401 g/mol. The first-order valence-corrected chi connectivity index (χ1v) is 9.51. The molecule has 0 aliphatic rings. The van der Waals surface area contributed by atoms with Crippen molar-refractivity contribution in [3.63, 3.8) is 0 Å². The maximum atomic E-state index is 13.1. The molecule has 8 heteroatoms. The number of anilines is 1. The standard InChI is InChI=1S/C23H20FN3O4/c1-2-27(18-11-7-16(24)8-12-18)22(29)15-31-23(30)20-5-3-4-6-21(20)26-25-17-9-13-19(28)14-10-17/h3-14,28H,2,15H2,1H3. The Bertz CT molecular complexity index is 1080. The number of azo groups is 1. The van der Waals surface area contributed by atoms with Crippen LogP contribution < -0.4 is 4.90 Å². The van der Waals surface area contributed by atoms with E-state index >= 15 is 0 Å². The third kappa shape index (κ3) is 5.72. The third-order valence-electron chi connectivity index (χ3n) is 4.33. The Hall–Kier alpha value is -4.07. The monoisotopic (exact) mass is 421 g/mol. The van der Waals surface area contributed by atoms with Gasteiger partial charge in [-0.25, -0.2) is 9.18 Å². The highest BCUT2D eigenvalue weighted by Crippen LogP contribution is 2.24. The van der Waals surface area contributed by atoms with Crippen LogP contribution in [0.3, 0.4) is 0 Å². The van der Waals surface area contributed by atoms with Crippen molar-refractivity contribution >= 4 is 28.9 Å². The second-order valence-electron chi connectivity index (χ2n) is 6.42. The summed E-state index contributed by atoms with van der Waals surface area (Å²) in [6.45, 7) is 1.62. The lowest BCUT2D eigenvalue weighted by Crippen LogP contribution is -2.34. The fourth-order valence-corrected chi connectivity index (χ4v) is 2.77. The van der Waals surface area contributed by atoms with Crippen molar-refractivity contribution < 1.29 is 23.8 Å².